The molecule has 0 aromatic rings. The molecule has 4 aliphatic rings. The average molecular weight is 401 g/mol. The Labute approximate surface area is 178 Å². The van der Waals surface area contributed by atoms with Crippen molar-refractivity contribution in [1.29, 1.82) is 0 Å². The van der Waals surface area contributed by atoms with Crippen LogP contribution in [-0.2, 0) is 4.79 Å². The number of allylic oxidation sites excluding steroid dienone is 1. The van der Waals surface area contributed by atoms with E-state index in [9.17, 15) is 9.90 Å². The van der Waals surface area contributed by atoms with E-state index >= 15 is 0 Å². The van der Waals surface area contributed by atoms with Crippen LogP contribution in [0.1, 0.15) is 98.3 Å². The summed E-state index contributed by atoms with van der Waals surface area (Å²) in [5.41, 5.74) is 2.34. The van der Waals surface area contributed by atoms with Crippen LogP contribution in [0.15, 0.2) is 11.6 Å². The van der Waals surface area contributed by atoms with Crippen molar-refractivity contribution in [3.63, 3.8) is 0 Å². The molecule has 0 unspecified atom stereocenters. The van der Waals surface area contributed by atoms with Gasteiger partial charge in [0.1, 0.15) is 0 Å². The van der Waals surface area contributed by atoms with E-state index in [0.717, 1.165) is 42.4 Å². The largest absolute Gasteiger partial charge is 0.396 e. The minimum Gasteiger partial charge on any atom is -0.396 e. The molecule has 2 nitrogen and oxygen atoms in total. The molecule has 3 fully saturated rings. The number of aliphatic hydroxyl groups excluding tert-OH is 1. The molecule has 29 heavy (non-hydrogen) atoms. The van der Waals surface area contributed by atoms with Gasteiger partial charge in [0.25, 0.3) is 0 Å². The van der Waals surface area contributed by atoms with Gasteiger partial charge < -0.3 is 5.11 Å². The summed E-state index contributed by atoms with van der Waals surface area (Å²) in [6.45, 7) is 10.2. The second-order valence-electron chi connectivity index (χ2n) is 11.9. The predicted molar refractivity (Wildman–Crippen MR) is 119 cm³/mol. The summed E-state index contributed by atoms with van der Waals surface area (Å²) >= 11 is 0. The van der Waals surface area contributed by atoms with Crippen LogP contribution >= 0.6 is 0 Å². The first-order valence-electron chi connectivity index (χ1n) is 12.6. The quantitative estimate of drug-likeness (QED) is 0.547. The lowest BCUT2D eigenvalue weighted by molar-refractivity contribution is -0.117. The van der Waals surface area contributed by atoms with Crippen molar-refractivity contribution in [2.45, 2.75) is 98.3 Å². The van der Waals surface area contributed by atoms with Crippen LogP contribution in [0.3, 0.4) is 0 Å². The van der Waals surface area contributed by atoms with E-state index in [1.165, 1.54) is 63.4 Å². The van der Waals surface area contributed by atoms with Crippen LogP contribution in [0.4, 0.5) is 0 Å². The Morgan fingerprint density at radius 1 is 1.03 bits per heavy atom. The van der Waals surface area contributed by atoms with Gasteiger partial charge in [-0.3, -0.25) is 4.79 Å². The van der Waals surface area contributed by atoms with E-state index in [1.807, 2.05) is 6.08 Å². The molecule has 0 aromatic carbocycles. The van der Waals surface area contributed by atoms with Crippen molar-refractivity contribution < 1.29 is 9.90 Å². The molecule has 4 rings (SSSR count). The monoisotopic (exact) mass is 400 g/mol. The third-order valence-electron chi connectivity index (χ3n) is 10.4. The van der Waals surface area contributed by atoms with Gasteiger partial charge in [0.15, 0.2) is 5.78 Å². The van der Waals surface area contributed by atoms with Crippen molar-refractivity contribution in [2.75, 3.05) is 6.61 Å². The van der Waals surface area contributed by atoms with Gasteiger partial charge >= 0.3 is 0 Å². The summed E-state index contributed by atoms with van der Waals surface area (Å²) < 4.78 is 0. The summed E-state index contributed by atoms with van der Waals surface area (Å²) in [4.78, 5) is 12.0. The maximum Gasteiger partial charge on any atom is 0.155 e. The Morgan fingerprint density at radius 3 is 2.59 bits per heavy atom. The van der Waals surface area contributed by atoms with Gasteiger partial charge in [0, 0.05) is 13.0 Å². The molecule has 0 amide bonds. The summed E-state index contributed by atoms with van der Waals surface area (Å²) in [6, 6.07) is 0. The smallest absolute Gasteiger partial charge is 0.155 e. The maximum absolute atomic E-state index is 12.0. The minimum absolute atomic E-state index is 0.308. The molecule has 1 N–H and O–H groups in total. The van der Waals surface area contributed by atoms with Crippen LogP contribution in [-0.4, -0.2) is 17.5 Å². The Hall–Kier alpha value is -0.630. The molecule has 0 heterocycles. The van der Waals surface area contributed by atoms with Gasteiger partial charge in [-0.05, 0) is 104 Å². The average Bonchev–Trinajstić information content (AvgIpc) is 3.05. The highest BCUT2D eigenvalue weighted by Crippen LogP contribution is 2.67. The molecule has 0 bridgehead atoms. The fraction of sp³-hybridized carbons (Fsp3) is 0.889. The molecule has 164 valence electrons. The highest BCUT2D eigenvalue weighted by Gasteiger charge is 2.59. The van der Waals surface area contributed by atoms with Crippen LogP contribution in [0.2, 0.25) is 0 Å². The highest BCUT2D eigenvalue weighted by atomic mass is 16.3. The lowest BCUT2D eigenvalue weighted by atomic mass is 9.46. The van der Waals surface area contributed by atoms with Crippen LogP contribution in [0, 0.1) is 46.3 Å². The van der Waals surface area contributed by atoms with Crippen LogP contribution in [0.25, 0.3) is 0 Å². The van der Waals surface area contributed by atoms with Gasteiger partial charge in [-0.2, -0.15) is 0 Å². The van der Waals surface area contributed by atoms with Crippen molar-refractivity contribution in [3.05, 3.63) is 11.6 Å². The lowest BCUT2D eigenvalue weighted by Crippen LogP contribution is -2.50. The molecule has 0 aromatic heterocycles. The zero-order valence-corrected chi connectivity index (χ0v) is 19.4. The Balaban J connectivity index is 1.46. The van der Waals surface area contributed by atoms with Gasteiger partial charge in [-0.1, -0.05) is 46.1 Å². The van der Waals surface area contributed by atoms with Gasteiger partial charge in [0.05, 0.1) is 0 Å². The van der Waals surface area contributed by atoms with E-state index in [1.54, 1.807) is 0 Å². The fourth-order valence-electron chi connectivity index (χ4n) is 8.62. The van der Waals surface area contributed by atoms with E-state index in [4.69, 9.17) is 0 Å². The number of ketones is 1. The molecular formula is C27H44O2. The second kappa shape index (κ2) is 8.13. The zero-order valence-electron chi connectivity index (χ0n) is 19.4. The number of hydrogen-bond donors (Lipinski definition) is 1. The SMILES string of the molecule is C[C@@H](CO)CCC[C@@H](C)[C@H]1CC[C@H]2[C@@H]3CCC4=CC(=O)CC[C@]4(C)[C@H]3CC[C@]12C. The van der Waals surface area contributed by atoms with Gasteiger partial charge in [-0.25, -0.2) is 0 Å². The van der Waals surface area contributed by atoms with Crippen LogP contribution in [0.5, 0.6) is 0 Å². The number of carbonyl (C=O) groups is 1. The first-order chi connectivity index (χ1) is 13.8. The summed E-state index contributed by atoms with van der Waals surface area (Å²) in [7, 11) is 0. The second-order valence-corrected chi connectivity index (χ2v) is 11.9. The van der Waals surface area contributed by atoms with Crippen molar-refractivity contribution in [3.8, 4) is 0 Å². The third kappa shape index (κ3) is 3.66. The maximum atomic E-state index is 12.0. The molecule has 2 heteroatoms. The highest BCUT2D eigenvalue weighted by molar-refractivity contribution is 5.91. The molecule has 4 aliphatic carbocycles. The van der Waals surface area contributed by atoms with Crippen molar-refractivity contribution >= 4 is 5.78 Å². The predicted octanol–water partition coefficient (Wildman–Crippen LogP) is 6.57. The Kier molecular flexibility index (Phi) is 6.06. The van der Waals surface area contributed by atoms with Crippen molar-refractivity contribution in [1.82, 2.24) is 0 Å². The summed E-state index contributed by atoms with van der Waals surface area (Å²) in [6.07, 6.45) is 15.8. The Morgan fingerprint density at radius 2 is 1.83 bits per heavy atom. The van der Waals surface area contributed by atoms with E-state index in [2.05, 4.69) is 27.7 Å². The standard InChI is InChI=1S/C27H44O2/c1-18(17-28)6-5-7-19(2)23-10-11-24-22-9-8-20-16-21(29)12-14-26(20,3)25(22)13-15-27(23,24)4/h16,18-19,22-25,28H,5-15,17H2,1-4H3/t18-,19-,22+,23-,24+,25+,26+,27-/m1/s1. The zero-order chi connectivity index (χ0) is 20.8. The first kappa shape index (κ1) is 21.6. The van der Waals surface area contributed by atoms with E-state index < -0.39 is 0 Å². The number of aliphatic hydroxyl groups is 1. The molecule has 3 saturated carbocycles. The lowest BCUT2D eigenvalue weighted by Gasteiger charge is -2.58. The van der Waals surface area contributed by atoms with Crippen LogP contribution < -0.4 is 0 Å². The number of hydrogen-bond acceptors (Lipinski definition) is 2. The summed E-state index contributed by atoms with van der Waals surface area (Å²) in [5, 5.41) is 9.31. The first-order valence-corrected chi connectivity index (χ1v) is 12.6. The molecule has 0 radical (unpaired) electrons. The molecule has 0 saturated heterocycles. The molecule has 0 aliphatic heterocycles. The van der Waals surface area contributed by atoms with Crippen molar-refractivity contribution in [2.24, 2.45) is 46.3 Å². The molecule has 8 atom stereocenters. The minimum atomic E-state index is 0.308. The number of carbonyl (C=O) groups excluding carboxylic acids is 1. The number of rotatable bonds is 6. The van der Waals surface area contributed by atoms with Gasteiger partial charge in [0.2, 0.25) is 0 Å². The van der Waals surface area contributed by atoms with E-state index in [-0.39, 0.29) is 0 Å². The molecular weight excluding hydrogens is 356 g/mol. The Bertz CT molecular complexity index is 651. The van der Waals surface area contributed by atoms with E-state index in [0.29, 0.717) is 29.1 Å². The van der Waals surface area contributed by atoms with Gasteiger partial charge in [-0.15, -0.1) is 0 Å². The molecule has 0 spiro atoms. The fourth-order valence-corrected chi connectivity index (χ4v) is 8.62. The normalized spacial score (nSPS) is 43.8. The number of fused-ring (bicyclic) bond motifs is 5. The summed E-state index contributed by atoms with van der Waals surface area (Å²) in [5.74, 6) is 5.13. The third-order valence-corrected chi connectivity index (χ3v) is 10.4. The topological polar surface area (TPSA) is 37.3 Å².